The van der Waals surface area contributed by atoms with E-state index in [4.69, 9.17) is 14.2 Å². The molecule has 0 saturated heterocycles. The first-order valence-corrected chi connectivity index (χ1v) is 14.0. The van der Waals surface area contributed by atoms with Crippen LogP contribution in [0.15, 0.2) is 47.4 Å². The average Bonchev–Trinajstić information content (AvgIpc) is 2.96. The molecule has 2 amide bonds. The summed E-state index contributed by atoms with van der Waals surface area (Å²) in [5.41, 5.74) is 2.22. The summed E-state index contributed by atoms with van der Waals surface area (Å²) in [6, 6.07) is 12.7. The monoisotopic (exact) mass is 549 g/mol. The molecular weight excluding hydrogens is 518 g/mol. The number of aromatic nitrogens is 1. The molecule has 0 radical (unpaired) electrons. The predicted octanol–water partition coefficient (Wildman–Crippen LogP) is 4.83. The van der Waals surface area contributed by atoms with Crippen LogP contribution in [-0.4, -0.2) is 55.4 Å². The van der Waals surface area contributed by atoms with E-state index in [1.807, 2.05) is 18.2 Å². The Morgan fingerprint density at radius 1 is 1.08 bits per heavy atom. The summed E-state index contributed by atoms with van der Waals surface area (Å²) in [6.45, 7) is 0.424. The van der Waals surface area contributed by atoms with Crippen molar-refractivity contribution in [1.82, 2.24) is 10.3 Å². The molecule has 2 N–H and O–H groups in total. The van der Waals surface area contributed by atoms with Crippen molar-refractivity contribution in [2.45, 2.75) is 43.0 Å². The van der Waals surface area contributed by atoms with Gasteiger partial charge in [0.1, 0.15) is 11.3 Å². The third kappa shape index (κ3) is 6.27. The van der Waals surface area contributed by atoms with Crippen molar-refractivity contribution in [2.24, 2.45) is 5.92 Å². The maximum Gasteiger partial charge on any atom is 0.343 e. The summed E-state index contributed by atoms with van der Waals surface area (Å²) in [6.07, 6.45) is 4.53. The first-order valence-electron chi connectivity index (χ1n) is 13.0. The molecule has 2 aliphatic rings. The SMILES string of the molecule is COC(=O)c1cc2ccc(OC)cc2nc1OCCC1CCC(NC(=O)c2ccc3c(c2)NC(=O)CS3)CC1. The summed E-state index contributed by atoms with van der Waals surface area (Å²) >= 11 is 1.48. The van der Waals surface area contributed by atoms with Gasteiger partial charge in [0, 0.05) is 28.0 Å². The first kappa shape index (κ1) is 26.8. The summed E-state index contributed by atoms with van der Waals surface area (Å²) < 4.78 is 16.2. The molecule has 1 saturated carbocycles. The number of pyridine rings is 1. The van der Waals surface area contributed by atoms with E-state index in [2.05, 4.69) is 15.6 Å². The fraction of sp³-hybridized carbons (Fsp3) is 0.379. The van der Waals surface area contributed by atoms with Gasteiger partial charge in [-0.1, -0.05) is 0 Å². The van der Waals surface area contributed by atoms with Crippen LogP contribution in [0.3, 0.4) is 0 Å². The van der Waals surface area contributed by atoms with Crippen LogP contribution < -0.4 is 20.1 Å². The highest BCUT2D eigenvalue weighted by Crippen LogP contribution is 2.33. The minimum absolute atomic E-state index is 0.0505. The Morgan fingerprint density at radius 2 is 1.90 bits per heavy atom. The molecule has 5 rings (SSSR count). The number of anilines is 1. The minimum atomic E-state index is -0.494. The van der Waals surface area contributed by atoms with Crippen molar-refractivity contribution in [3.05, 3.63) is 53.6 Å². The molecule has 1 aliphatic heterocycles. The van der Waals surface area contributed by atoms with E-state index in [1.165, 1.54) is 18.9 Å². The molecule has 0 atom stereocenters. The van der Waals surface area contributed by atoms with Gasteiger partial charge in [-0.15, -0.1) is 11.8 Å². The van der Waals surface area contributed by atoms with Gasteiger partial charge in [0.15, 0.2) is 0 Å². The van der Waals surface area contributed by atoms with Crippen LogP contribution >= 0.6 is 11.8 Å². The fourth-order valence-corrected chi connectivity index (χ4v) is 5.82. The number of nitrogens with one attached hydrogen (secondary N) is 2. The van der Waals surface area contributed by atoms with Gasteiger partial charge >= 0.3 is 5.97 Å². The minimum Gasteiger partial charge on any atom is -0.497 e. The second-order valence-electron chi connectivity index (χ2n) is 9.77. The topological polar surface area (TPSA) is 116 Å². The Morgan fingerprint density at radius 3 is 2.67 bits per heavy atom. The van der Waals surface area contributed by atoms with Gasteiger partial charge in [-0.3, -0.25) is 9.59 Å². The molecule has 1 fully saturated rings. The molecule has 2 aromatic carbocycles. The Kier molecular flexibility index (Phi) is 8.21. The number of rotatable bonds is 8. The zero-order chi connectivity index (χ0) is 27.4. The van der Waals surface area contributed by atoms with Crippen LogP contribution in [0.2, 0.25) is 0 Å². The summed E-state index contributed by atoms with van der Waals surface area (Å²) in [7, 11) is 2.93. The second kappa shape index (κ2) is 11.9. The second-order valence-corrected chi connectivity index (χ2v) is 10.8. The van der Waals surface area contributed by atoms with E-state index in [1.54, 1.807) is 31.4 Å². The molecule has 1 aromatic heterocycles. The van der Waals surface area contributed by atoms with Crippen molar-refractivity contribution in [1.29, 1.82) is 0 Å². The maximum absolute atomic E-state index is 12.8. The number of nitrogens with zero attached hydrogens (tertiary/aromatic N) is 1. The van der Waals surface area contributed by atoms with Gasteiger partial charge in [-0.05, 0) is 74.4 Å². The van der Waals surface area contributed by atoms with E-state index in [0.717, 1.165) is 42.4 Å². The number of carbonyl (C=O) groups excluding carboxylic acids is 3. The van der Waals surface area contributed by atoms with E-state index in [9.17, 15) is 14.4 Å². The Bertz CT molecular complexity index is 1400. The lowest BCUT2D eigenvalue weighted by atomic mass is 9.84. The molecule has 39 heavy (non-hydrogen) atoms. The average molecular weight is 550 g/mol. The number of hydrogen-bond acceptors (Lipinski definition) is 8. The van der Waals surface area contributed by atoms with Crippen molar-refractivity contribution in [3.8, 4) is 11.6 Å². The summed E-state index contributed by atoms with van der Waals surface area (Å²) in [5, 5.41) is 6.78. The lowest BCUT2D eigenvalue weighted by molar-refractivity contribution is -0.113. The third-order valence-corrected chi connectivity index (χ3v) is 8.29. The van der Waals surface area contributed by atoms with Gasteiger partial charge in [-0.25, -0.2) is 9.78 Å². The molecule has 0 unspecified atom stereocenters. The standard InChI is InChI=1S/C29H31N3O6S/c1-36-21-9-5-18-13-22(29(35)37-2)28(32-23(18)15-21)38-12-11-17-3-7-20(8-4-17)30-27(34)19-6-10-25-24(14-19)31-26(33)16-39-25/h5-6,9-10,13-15,17,20H,3-4,7-8,11-12,16H2,1-2H3,(H,30,34)(H,31,33). The molecule has 9 nitrogen and oxygen atoms in total. The fourth-order valence-electron chi connectivity index (χ4n) is 5.03. The molecular formula is C29H31N3O6S. The van der Waals surface area contributed by atoms with E-state index in [0.29, 0.717) is 46.4 Å². The molecule has 1 aliphatic carbocycles. The van der Waals surface area contributed by atoms with E-state index >= 15 is 0 Å². The number of carbonyl (C=O) groups is 3. The molecule has 204 valence electrons. The van der Waals surface area contributed by atoms with Gasteiger partial charge in [0.25, 0.3) is 5.91 Å². The lowest BCUT2D eigenvalue weighted by Crippen LogP contribution is -2.37. The van der Waals surface area contributed by atoms with Crippen LogP contribution in [0.5, 0.6) is 11.6 Å². The van der Waals surface area contributed by atoms with Crippen LogP contribution in [0, 0.1) is 5.92 Å². The maximum atomic E-state index is 12.8. The molecule has 0 spiro atoms. The Labute approximate surface area is 231 Å². The van der Waals surface area contributed by atoms with Crippen molar-refractivity contribution in [3.63, 3.8) is 0 Å². The van der Waals surface area contributed by atoms with Gasteiger partial charge in [0.05, 0.1) is 37.8 Å². The number of ether oxygens (including phenoxy) is 3. The summed E-state index contributed by atoms with van der Waals surface area (Å²) in [4.78, 5) is 42.4. The highest BCUT2D eigenvalue weighted by Gasteiger charge is 2.24. The predicted molar refractivity (Wildman–Crippen MR) is 149 cm³/mol. The van der Waals surface area contributed by atoms with Crippen molar-refractivity contribution >= 4 is 46.1 Å². The van der Waals surface area contributed by atoms with Gasteiger partial charge in [-0.2, -0.15) is 0 Å². The van der Waals surface area contributed by atoms with Crippen LogP contribution in [-0.2, 0) is 9.53 Å². The van der Waals surface area contributed by atoms with Crippen molar-refractivity contribution < 1.29 is 28.6 Å². The highest BCUT2D eigenvalue weighted by molar-refractivity contribution is 8.00. The lowest BCUT2D eigenvalue weighted by Gasteiger charge is -2.29. The normalized spacial score (nSPS) is 18.6. The van der Waals surface area contributed by atoms with Gasteiger partial charge in [0.2, 0.25) is 11.8 Å². The number of esters is 1. The largest absolute Gasteiger partial charge is 0.497 e. The van der Waals surface area contributed by atoms with E-state index < -0.39 is 5.97 Å². The molecule has 10 heteroatoms. The van der Waals surface area contributed by atoms with Gasteiger partial charge < -0.3 is 24.8 Å². The zero-order valence-corrected chi connectivity index (χ0v) is 22.8. The number of thioether (sulfide) groups is 1. The zero-order valence-electron chi connectivity index (χ0n) is 22.0. The molecule has 2 heterocycles. The highest BCUT2D eigenvalue weighted by atomic mass is 32.2. The summed E-state index contributed by atoms with van der Waals surface area (Å²) in [5.74, 6) is 1.11. The Balaban J connectivity index is 1.13. The molecule has 0 bridgehead atoms. The number of benzene rings is 2. The van der Waals surface area contributed by atoms with E-state index in [-0.39, 0.29) is 23.7 Å². The van der Waals surface area contributed by atoms with Crippen LogP contribution in [0.1, 0.15) is 52.8 Å². The first-order chi connectivity index (χ1) is 18.9. The smallest absolute Gasteiger partial charge is 0.343 e. The Hall–Kier alpha value is -3.79. The quantitative estimate of drug-likeness (QED) is 0.384. The van der Waals surface area contributed by atoms with Crippen molar-refractivity contribution in [2.75, 3.05) is 31.9 Å². The van der Waals surface area contributed by atoms with Crippen LogP contribution in [0.25, 0.3) is 10.9 Å². The van der Waals surface area contributed by atoms with Crippen LogP contribution in [0.4, 0.5) is 5.69 Å². The number of hydrogen-bond donors (Lipinski definition) is 2. The number of methoxy groups -OCH3 is 2. The number of fused-ring (bicyclic) bond motifs is 2. The number of amides is 2. The third-order valence-electron chi connectivity index (χ3n) is 7.22. The molecule has 3 aromatic rings.